The lowest BCUT2D eigenvalue weighted by molar-refractivity contribution is -0.142. The van der Waals surface area contributed by atoms with Gasteiger partial charge in [0.1, 0.15) is 11.9 Å². The van der Waals surface area contributed by atoms with Gasteiger partial charge in [0, 0.05) is 20.4 Å². The normalized spacial score (nSPS) is 27.4. The molecule has 29 heteroatoms. The molecule has 0 N–H and O–H groups in total. The summed E-state index contributed by atoms with van der Waals surface area (Å²) in [5.74, 6) is 0.159. The van der Waals surface area contributed by atoms with Gasteiger partial charge in [0.15, 0.2) is 0 Å². The molecular weight excluding hydrogens is 1070 g/mol. The lowest BCUT2D eigenvalue weighted by Crippen LogP contribution is -2.52. The number of ether oxygens (including phenoxy) is 2. The molecule has 0 saturated heterocycles. The summed E-state index contributed by atoms with van der Waals surface area (Å²) >= 11 is 0. The second-order valence-corrected chi connectivity index (χ2v) is 95.3. The molecule has 18 unspecified atom stereocenters. The highest BCUT2D eigenvalue weighted by Gasteiger charge is 2.55. The molecular formula is C22H57O6P23. The molecule has 0 aromatic rings. The van der Waals surface area contributed by atoms with Crippen molar-refractivity contribution in [1.29, 1.82) is 0 Å². The summed E-state index contributed by atoms with van der Waals surface area (Å²) in [5, 5.41) is 0. The molecule has 1 saturated carbocycles. The fourth-order valence-electron chi connectivity index (χ4n) is 6.43. The molecule has 0 radical (unpaired) electrons. The summed E-state index contributed by atoms with van der Waals surface area (Å²) in [6.07, 6.45) is 2.65. The van der Waals surface area contributed by atoms with Crippen molar-refractivity contribution in [2.75, 3.05) is 7.11 Å². The molecule has 2 aliphatic carbocycles. The maximum Gasteiger partial charge on any atom is 0.508 e. The molecule has 6 nitrogen and oxygen atoms in total. The fraction of sp³-hybridized carbons (Fsp3) is 0.727. The van der Waals surface area contributed by atoms with Gasteiger partial charge in [0.2, 0.25) is 0 Å². The first-order chi connectivity index (χ1) is 23.6. The maximum absolute atomic E-state index is 14.9. The number of allylic oxidation sites excluding steroid dienone is 1. The molecule has 0 heterocycles. The predicted octanol–water partition coefficient (Wildman–Crippen LogP) is 17.7. The van der Waals surface area contributed by atoms with Crippen LogP contribution in [-0.2, 0) is 23.3 Å². The number of hydrogen-bond donors (Lipinski definition) is 0. The van der Waals surface area contributed by atoms with Gasteiger partial charge in [-0.2, -0.15) is 0 Å². The van der Waals surface area contributed by atoms with E-state index in [1.54, 1.807) is 0 Å². The molecule has 22 atom stereocenters. The SMILES string of the molecule is C=CCC[C@H](OC(=O)OC)[C@@]1(C)C[C@@H](OP(P(P)P)P(PP)P(P)P)C2=C(C)[C@@H](OP(P)P(P(P)P)P(P(P)P)P(P)P)CC(CC1=O)C2(C)C. The van der Waals surface area contributed by atoms with Gasteiger partial charge in [0.25, 0.3) is 0 Å². The van der Waals surface area contributed by atoms with Crippen LogP contribution in [0.25, 0.3) is 0 Å². The third-order valence-electron chi connectivity index (χ3n) is 8.98. The number of methoxy groups -OCH3 is 1. The Hall–Kier alpha value is 8.23. The smallest absolute Gasteiger partial charge is 0.438 e. The molecule has 2 aliphatic rings. The number of carbonyl (C=O) groups is 2. The first kappa shape index (κ1) is 55.4. The van der Waals surface area contributed by atoms with Crippen molar-refractivity contribution < 1.29 is 28.1 Å². The summed E-state index contributed by atoms with van der Waals surface area (Å²) in [4.78, 5) is 27.6. The molecule has 296 valence electrons. The molecule has 51 heavy (non-hydrogen) atoms. The molecule has 2 rings (SSSR count). The van der Waals surface area contributed by atoms with Gasteiger partial charge in [-0.05, 0) is 104 Å². The van der Waals surface area contributed by atoms with E-state index < -0.39 is 46.7 Å². The van der Waals surface area contributed by atoms with Crippen LogP contribution in [0.4, 0.5) is 4.79 Å². The van der Waals surface area contributed by atoms with Crippen molar-refractivity contribution in [3.05, 3.63) is 23.8 Å². The molecule has 0 aromatic heterocycles. The molecule has 0 amide bonds. The Morgan fingerprint density at radius 3 is 1.94 bits per heavy atom. The van der Waals surface area contributed by atoms with Crippen LogP contribution in [0.15, 0.2) is 23.8 Å². The summed E-state index contributed by atoms with van der Waals surface area (Å²) in [7, 11) is 37.6. The number of fused-ring (bicyclic) bond motifs is 2. The quantitative estimate of drug-likeness (QED) is 0.0774. The van der Waals surface area contributed by atoms with Crippen molar-refractivity contribution in [3.63, 3.8) is 0 Å². The number of rotatable bonds is 18. The van der Waals surface area contributed by atoms with Gasteiger partial charge in [-0.1, -0.05) is 36.8 Å². The van der Waals surface area contributed by atoms with Gasteiger partial charge in [-0.25, -0.2) is 4.79 Å². The minimum atomic E-state index is -0.977. The molecule has 0 aromatic carbocycles. The standard InChI is InChI=1S/C22H57O6P23/c1-7-8-9-18(26-20(24)25-6)22(5)12-16(28-43(44(31)32)49(41-29)45(33)34)19-13(2)15(10-14(11-17(22)23)21(19,3)4)27-42(30)50(46(35)36)51(47(37)38)48(39)40/h7,14-16,18,41H,1,8-12,29-40H2,2-6H3/t14?,15-,16+,18-,22-,42?,43?,49?,50?/m0/s1. The highest BCUT2D eigenvalue weighted by atomic mass is 33.3. The number of ketones is 1. The van der Waals surface area contributed by atoms with Crippen molar-refractivity contribution in [2.24, 2.45) is 16.7 Å². The number of Topliss-reactive ketones (excluding diaryl/α,β-unsaturated/α-hetero) is 1. The van der Waals surface area contributed by atoms with E-state index in [1.165, 1.54) is 18.3 Å². The monoisotopic (exact) mass is 1130 g/mol. The molecule has 0 aliphatic heterocycles. The third kappa shape index (κ3) is 15.4. The summed E-state index contributed by atoms with van der Waals surface area (Å²) in [5.41, 5.74) is 1.27. The van der Waals surface area contributed by atoms with E-state index in [1.807, 2.05) is 13.0 Å². The summed E-state index contributed by atoms with van der Waals surface area (Å²) in [6.45, 7) is 10.0. The number of hydrogen-bond acceptors (Lipinski definition) is 6. The van der Waals surface area contributed by atoms with Crippen LogP contribution in [0.5, 0.6) is 0 Å². The van der Waals surface area contributed by atoms with Crippen molar-refractivity contribution in [1.82, 2.24) is 0 Å². The second kappa shape index (κ2) is 26.3. The first-order valence-electron chi connectivity index (χ1n) is 15.2. The van der Waals surface area contributed by atoms with E-state index in [9.17, 15) is 9.59 Å². The average molecular weight is 1130 g/mol. The minimum Gasteiger partial charge on any atom is -0.438 e. The maximum atomic E-state index is 14.9. The van der Waals surface area contributed by atoms with Crippen LogP contribution in [0.3, 0.4) is 0 Å². The van der Waals surface area contributed by atoms with E-state index in [-0.39, 0.29) is 71.2 Å². The van der Waals surface area contributed by atoms with E-state index in [2.05, 4.69) is 134 Å². The Labute approximate surface area is 349 Å². The van der Waals surface area contributed by atoms with Gasteiger partial charge in [-0.15, -0.1) is 105 Å². The average Bonchev–Trinajstić information content (AvgIpc) is 3.01. The topological polar surface area (TPSA) is 71.1 Å². The van der Waals surface area contributed by atoms with Crippen LogP contribution < -0.4 is 0 Å². The zero-order valence-electron chi connectivity index (χ0n) is 29.5. The van der Waals surface area contributed by atoms with E-state index in [0.717, 1.165) is 6.42 Å². The minimum absolute atomic E-state index is 0.0406. The zero-order chi connectivity index (χ0) is 39.2. The van der Waals surface area contributed by atoms with Gasteiger partial charge in [0.05, 0.1) is 39.8 Å². The van der Waals surface area contributed by atoms with Crippen molar-refractivity contribution >= 4 is 198 Å². The molecule has 1 fully saturated rings. The Balaban J connectivity index is 2.86. The van der Waals surface area contributed by atoms with Crippen LogP contribution in [0, 0.1) is 16.7 Å². The predicted molar refractivity (Wildman–Crippen MR) is 297 cm³/mol. The van der Waals surface area contributed by atoms with Crippen molar-refractivity contribution in [3.8, 4) is 0 Å². The van der Waals surface area contributed by atoms with Gasteiger partial charge in [-0.3, -0.25) is 4.79 Å². The van der Waals surface area contributed by atoms with E-state index in [0.29, 0.717) is 33.6 Å². The van der Waals surface area contributed by atoms with Crippen LogP contribution in [-0.4, -0.2) is 37.4 Å². The van der Waals surface area contributed by atoms with E-state index >= 15 is 0 Å². The third-order valence-corrected chi connectivity index (χ3v) is 130. The van der Waals surface area contributed by atoms with Crippen LogP contribution >= 0.6 is 186 Å². The number of carbonyl (C=O) groups excluding carboxylic acids is 2. The second-order valence-electron chi connectivity index (χ2n) is 12.5. The lowest BCUT2D eigenvalue weighted by Gasteiger charge is -2.53. The Kier molecular flexibility index (Phi) is 28.5. The van der Waals surface area contributed by atoms with E-state index in [4.69, 9.17) is 18.5 Å². The first-order valence-corrected chi connectivity index (χ1v) is 55.6. The highest BCUT2D eigenvalue weighted by molar-refractivity contribution is 9.25. The highest BCUT2D eigenvalue weighted by Crippen LogP contribution is 3.21. The van der Waals surface area contributed by atoms with Crippen LogP contribution in [0.2, 0.25) is 0 Å². The Bertz CT molecular complexity index is 1200. The molecule has 0 spiro atoms. The lowest BCUT2D eigenvalue weighted by atomic mass is 9.56. The largest absolute Gasteiger partial charge is 0.508 e. The summed E-state index contributed by atoms with van der Waals surface area (Å²) < 4.78 is 25.8. The zero-order valence-corrected chi connectivity index (χ0v) is 53.3. The Morgan fingerprint density at radius 2 is 1.49 bits per heavy atom. The Morgan fingerprint density at radius 1 is 0.922 bits per heavy atom. The van der Waals surface area contributed by atoms with Gasteiger partial charge < -0.3 is 18.5 Å². The van der Waals surface area contributed by atoms with Gasteiger partial charge >= 0.3 is 6.16 Å². The fourth-order valence-corrected chi connectivity index (χ4v) is 202. The summed E-state index contributed by atoms with van der Waals surface area (Å²) in [6, 6.07) is 0. The van der Waals surface area contributed by atoms with Crippen molar-refractivity contribution in [2.45, 2.75) is 78.1 Å². The molecule has 2 bridgehead atoms. The van der Waals surface area contributed by atoms with Crippen LogP contribution in [0.1, 0.15) is 59.8 Å².